The van der Waals surface area contributed by atoms with Crippen molar-refractivity contribution in [3.63, 3.8) is 0 Å². The molecule has 0 bridgehead atoms. The molecule has 114 valence electrons. The van der Waals surface area contributed by atoms with Crippen molar-refractivity contribution in [1.82, 2.24) is 15.1 Å². The van der Waals surface area contributed by atoms with Crippen LogP contribution in [0.2, 0.25) is 0 Å². The Labute approximate surface area is 122 Å². The minimum Gasteiger partial charge on any atom is -0.378 e. The molecule has 1 aliphatic carbocycles. The number of hydrogen-bond acceptors (Lipinski definition) is 3. The lowest BCUT2D eigenvalue weighted by Gasteiger charge is -2.37. The summed E-state index contributed by atoms with van der Waals surface area (Å²) in [5.41, 5.74) is 2.44. The van der Waals surface area contributed by atoms with Crippen molar-refractivity contribution in [2.45, 2.75) is 58.6 Å². The number of aryl methyl sites for hydroxylation is 2. The van der Waals surface area contributed by atoms with E-state index in [4.69, 9.17) is 4.74 Å². The molecule has 1 aliphatic rings. The predicted molar refractivity (Wildman–Crippen MR) is 81.9 cm³/mol. The van der Waals surface area contributed by atoms with Gasteiger partial charge in [-0.1, -0.05) is 6.92 Å². The summed E-state index contributed by atoms with van der Waals surface area (Å²) in [6, 6.07) is 2.76. The SMILES string of the molecule is CCNC(Cc1cc(C)nn1C)CC1CC(OCC)C1. The summed E-state index contributed by atoms with van der Waals surface area (Å²) in [5.74, 6) is 0.824. The average Bonchev–Trinajstić information content (AvgIpc) is 2.65. The zero-order chi connectivity index (χ0) is 14.5. The molecule has 0 aromatic carbocycles. The highest BCUT2D eigenvalue weighted by molar-refractivity contribution is 5.10. The van der Waals surface area contributed by atoms with Crippen molar-refractivity contribution < 1.29 is 4.74 Å². The number of ether oxygens (including phenoxy) is 1. The van der Waals surface area contributed by atoms with Crippen LogP contribution in [0.5, 0.6) is 0 Å². The van der Waals surface area contributed by atoms with Crippen LogP contribution in [0.15, 0.2) is 6.07 Å². The van der Waals surface area contributed by atoms with Crippen LogP contribution in [0.1, 0.15) is 44.5 Å². The second kappa shape index (κ2) is 7.23. The van der Waals surface area contributed by atoms with Gasteiger partial charge in [0, 0.05) is 31.8 Å². The highest BCUT2D eigenvalue weighted by Gasteiger charge is 2.31. The Kier molecular flexibility index (Phi) is 5.61. The first-order valence-corrected chi connectivity index (χ1v) is 7.96. The average molecular weight is 279 g/mol. The predicted octanol–water partition coefficient (Wildman–Crippen LogP) is 2.45. The van der Waals surface area contributed by atoms with Crippen LogP contribution >= 0.6 is 0 Å². The number of nitrogens with zero attached hydrogens (tertiary/aromatic N) is 2. The lowest BCUT2D eigenvalue weighted by Crippen LogP contribution is -2.39. The first kappa shape index (κ1) is 15.5. The smallest absolute Gasteiger partial charge is 0.0596 e. The van der Waals surface area contributed by atoms with Crippen molar-refractivity contribution in [3.8, 4) is 0 Å². The molecule has 1 heterocycles. The zero-order valence-corrected chi connectivity index (χ0v) is 13.4. The normalized spacial score (nSPS) is 23.6. The van der Waals surface area contributed by atoms with Gasteiger partial charge in [0.05, 0.1) is 11.8 Å². The molecule has 2 rings (SSSR count). The molecule has 1 atom stereocenters. The van der Waals surface area contributed by atoms with Crippen molar-refractivity contribution in [2.24, 2.45) is 13.0 Å². The van der Waals surface area contributed by atoms with Gasteiger partial charge in [-0.15, -0.1) is 0 Å². The van der Waals surface area contributed by atoms with Crippen LogP contribution < -0.4 is 5.32 Å². The van der Waals surface area contributed by atoms with Gasteiger partial charge >= 0.3 is 0 Å². The van der Waals surface area contributed by atoms with E-state index in [0.29, 0.717) is 12.1 Å². The van der Waals surface area contributed by atoms with Crippen LogP contribution in [0.25, 0.3) is 0 Å². The first-order chi connectivity index (χ1) is 9.62. The van der Waals surface area contributed by atoms with E-state index in [2.05, 4.69) is 37.3 Å². The van der Waals surface area contributed by atoms with E-state index in [1.807, 2.05) is 11.7 Å². The second-order valence-corrected chi connectivity index (χ2v) is 6.01. The lowest BCUT2D eigenvalue weighted by atomic mass is 9.77. The topological polar surface area (TPSA) is 39.1 Å². The third kappa shape index (κ3) is 4.06. The third-order valence-electron chi connectivity index (χ3n) is 4.26. The summed E-state index contributed by atoms with van der Waals surface area (Å²) >= 11 is 0. The lowest BCUT2D eigenvalue weighted by molar-refractivity contribution is -0.0290. The van der Waals surface area contributed by atoms with Gasteiger partial charge in [0.1, 0.15) is 0 Å². The fourth-order valence-corrected chi connectivity index (χ4v) is 3.28. The maximum Gasteiger partial charge on any atom is 0.0596 e. The largest absolute Gasteiger partial charge is 0.378 e. The molecule has 1 saturated carbocycles. The fraction of sp³-hybridized carbons (Fsp3) is 0.812. The number of rotatable bonds is 8. The van der Waals surface area contributed by atoms with Crippen LogP contribution in [-0.2, 0) is 18.2 Å². The Morgan fingerprint density at radius 2 is 2.20 bits per heavy atom. The zero-order valence-electron chi connectivity index (χ0n) is 13.4. The highest BCUT2D eigenvalue weighted by Crippen LogP contribution is 2.34. The van der Waals surface area contributed by atoms with Gasteiger partial charge in [-0.25, -0.2) is 0 Å². The highest BCUT2D eigenvalue weighted by atomic mass is 16.5. The Hall–Kier alpha value is -0.870. The van der Waals surface area contributed by atoms with Crippen LogP contribution in [0, 0.1) is 12.8 Å². The maximum atomic E-state index is 5.66. The van der Waals surface area contributed by atoms with Crippen molar-refractivity contribution in [3.05, 3.63) is 17.5 Å². The Morgan fingerprint density at radius 1 is 1.45 bits per heavy atom. The van der Waals surface area contributed by atoms with Crippen LogP contribution in [0.4, 0.5) is 0 Å². The molecular weight excluding hydrogens is 250 g/mol. The molecular formula is C16H29N3O. The number of likely N-dealkylation sites (N-methyl/N-ethyl adjacent to an activating group) is 1. The van der Waals surface area contributed by atoms with E-state index in [-0.39, 0.29) is 0 Å². The molecule has 1 aromatic heterocycles. The molecule has 0 amide bonds. The van der Waals surface area contributed by atoms with Gasteiger partial charge < -0.3 is 10.1 Å². The first-order valence-electron chi connectivity index (χ1n) is 7.96. The summed E-state index contributed by atoms with van der Waals surface area (Å²) in [6.45, 7) is 8.21. The Balaban J connectivity index is 1.83. The molecule has 4 nitrogen and oxygen atoms in total. The summed E-state index contributed by atoms with van der Waals surface area (Å²) in [6.07, 6.45) is 5.31. The Bertz CT molecular complexity index is 410. The third-order valence-corrected chi connectivity index (χ3v) is 4.26. The standard InChI is InChI=1S/C16H29N3O/c1-5-17-14(8-13-9-16(10-13)20-6-2)11-15-7-12(3)18-19(15)4/h7,13-14,16-17H,5-6,8-11H2,1-4H3. The van der Waals surface area contributed by atoms with E-state index in [1.165, 1.54) is 25.0 Å². The molecule has 1 aromatic rings. The second-order valence-electron chi connectivity index (χ2n) is 6.01. The van der Waals surface area contributed by atoms with Crippen molar-refractivity contribution >= 4 is 0 Å². The summed E-state index contributed by atoms with van der Waals surface area (Å²) in [4.78, 5) is 0. The van der Waals surface area contributed by atoms with Gasteiger partial charge in [-0.05, 0) is 51.6 Å². The van der Waals surface area contributed by atoms with E-state index in [1.54, 1.807) is 0 Å². The van der Waals surface area contributed by atoms with Crippen LogP contribution in [-0.4, -0.2) is 35.1 Å². The van der Waals surface area contributed by atoms with Crippen LogP contribution in [0.3, 0.4) is 0 Å². The van der Waals surface area contributed by atoms with Gasteiger partial charge in [-0.2, -0.15) is 5.10 Å². The molecule has 1 N–H and O–H groups in total. The van der Waals surface area contributed by atoms with Gasteiger partial charge in [0.2, 0.25) is 0 Å². The number of aromatic nitrogens is 2. The molecule has 20 heavy (non-hydrogen) atoms. The van der Waals surface area contributed by atoms with Gasteiger partial charge in [0.15, 0.2) is 0 Å². The number of nitrogens with one attached hydrogen (secondary N) is 1. The van der Waals surface area contributed by atoms with Gasteiger partial charge in [0.25, 0.3) is 0 Å². The minimum absolute atomic E-state index is 0.520. The fourth-order valence-electron chi connectivity index (χ4n) is 3.28. The maximum absolute atomic E-state index is 5.66. The van der Waals surface area contributed by atoms with E-state index in [9.17, 15) is 0 Å². The van der Waals surface area contributed by atoms with E-state index in [0.717, 1.165) is 31.2 Å². The minimum atomic E-state index is 0.520. The van der Waals surface area contributed by atoms with E-state index < -0.39 is 0 Å². The Morgan fingerprint density at radius 3 is 2.75 bits per heavy atom. The molecule has 0 spiro atoms. The molecule has 0 aliphatic heterocycles. The van der Waals surface area contributed by atoms with E-state index >= 15 is 0 Å². The number of hydrogen-bond donors (Lipinski definition) is 1. The summed E-state index contributed by atoms with van der Waals surface area (Å²) in [5, 5.41) is 8.07. The molecule has 4 heteroatoms. The van der Waals surface area contributed by atoms with Gasteiger partial charge in [-0.3, -0.25) is 4.68 Å². The molecule has 0 radical (unpaired) electrons. The molecule has 0 saturated heterocycles. The summed E-state index contributed by atoms with van der Waals surface area (Å²) < 4.78 is 7.67. The van der Waals surface area contributed by atoms with Crippen molar-refractivity contribution in [2.75, 3.05) is 13.2 Å². The quantitative estimate of drug-likeness (QED) is 0.794. The summed E-state index contributed by atoms with van der Waals surface area (Å²) in [7, 11) is 2.04. The van der Waals surface area contributed by atoms with Crippen molar-refractivity contribution in [1.29, 1.82) is 0 Å². The molecule has 1 unspecified atom stereocenters. The monoisotopic (exact) mass is 279 g/mol. The molecule has 1 fully saturated rings.